The molecule has 88 valence electrons. The van der Waals surface area contributed by atoms with Crippen LogP contribution in [0.2, 0.25) is 0 Å². The first-order valence-electron chi connectivity index (χ1n) is 4.89. The smallest absolute Gasteiger partial charge is 0.320 e. The van der Waals surface area contributed by atoms with Crippen molar-refractivity contribution in [2.45, 2.75) is 0 Å². The van der Waals surface area contributed by atoms with Crippen LogP contribution in [0.15, 0.2) is 34.1 Å². The maximum absolute atomic E-state index is 11.1. The molecule has 0 saturated heterocycles. The van der Waals surface area contributed by atoms with E-state index in [4.69, 9.17) is 0 Å². The molecule has 0 bridgehead atoms. The van der Waals surface area contributed by atoms with Crippen molar-refractivity contribution in [3.63, 3.8) is 0 Å². The Morgan fingerprint density at radius 2 is 2.29 bits per heavy atom. The van der Waals surface area contributed by atoms with Crippen LogP contribution in [0, 0.1) is 0 Å². The highest BCUT2D eigenvalue weighted by atomic mass is 79.9. The minimum atomic E-state index is -0.264. The third-order valence-electron chi connectivity index (χ3n) is 2.07. The number of hydrogen-bond donors (Lipinski definition) is 2. The average Bonchev–Trinajstić information content (AvgIpc) is 2.77. The van der Waals surface area contributed by atoms with E-state index in [1.54, 1.807) is 7.05 Å². The molecule has 0 unspecified atom stereocenters. The summed E-state index contributed by atoms with van der Waals surface area (Å²) in [6.07, 6.45) is 0. The van der Waals surface area contributed by atoms with Crippen LogP contribution in [0.1, 0.15) is 0 Å². The van der Waals surface area contributed by atoms with Crippen LogP contribution in [-0.2, 0) is 0 Å². The summed E-state index contributed by atoms with van der Waals surface area (Å²) in [6.45, 7) is 0. The van der Waals surface area contributed by atoms with Gasteiger partial charge in [-0.25, -0.2) is 9.78 Å². The maximum atomic E-state index is 11.1. The van der Waals surface area contributed by atoms with Gasteiger partial charge in [-0.1, -0.05) is 28.1 Å². The van der Waals surface area contributed by atoms with Gasteiger partial charge in [0.15, 0.2) is 5.13 Å². The van der Waals surface area contributed by atoms with Gasteiger partial charge < -0.3 is 5.32 Å². The minimum Gasteiger partial charge on any atom is -0.341 e. The molecule has 0 saturated carbocycles. The minimum absolute atomic E-state index is 0.264. The van der Waals surface area contributed by atoms with Gasteiger partial charge >= 0.3 is 6.03 Å². The number of benzene rings is 1. The molecule has 0 fully saturated rings. The zero-order valence-electron chi connectivity index (χ0n) is 9.03. The Bertz CT molecular complexity index is 541. The molecule has 2 aromatic rings. The number of thiazole rings is 1. The average molecular weight is 312 g/mol. The second-order valence-electron chi connectivity index (χ2n) is 3.25. The molecule has 1 aromatic heterocycles. The van der Waals surface area contributed by atoms with Gasteiger partial charge in [0.25, 0.3) is 0 Å². The van der Waals surface area contributed by atoms with Crippen LogP contribution in [0.5, 0.6) is 0 Å². The summed E-state index contributed by atoms with van der Waals surface area (Å²) in [7, 11) is 1.57. The van der Waals surface area contributed by atoms with Crippen LogP contribution in [0.4, 0.5) is 9.93 Å². The molecule has 1 heterocycles. The maximum Gasteiger partial charge on any atom is 0.320 e. The van der Waals surface area contributed by atoms with Crippen molar-refractivity contribution in [1.82, 2.24) is 10.3 Å². The normalized spacial score (nSPS) is 10.0. The highest BCUT2D eigenvalue weighted by Crippen LogP contribution is 2.26. The number of carbonyl (C=O) groups is 1. The molecule has 2 rings (SSSR count). The first-order chi connectivity index (χ1) is 8.19. The molecular weight excluding hydrogens is 302 g/mol. The van der Waals surface area contributed by atoms with E-state index in [-0.39, 0.29) is 6.03 Å². The van der Waals surface area contributed by atoms with E-state index in [0.29, 0.717) is 5.13 Å². The van der Waals surface area contributed by atoms with Crippen LogP contribution < -0.4 is 10.6 Å². The Hall–Kier alpha value is -1.40. The Labute approximate surface area is 111 Å². The van der Waals surface area contributed by atoms with Gasteiger partial charge in [0.05, 0.1) is 5.69 Å². The van der Waals surface area contributed by atoms with Crippen molar-refractivity contribution in [3.8, 4) is 11.3 Å². The summed E-state index contributed by atoms with van der Waals surface area (Å²) in [5.41, 5.74) is 1.86. The lowest BCUT2D eigenvalue weighted by Gasteiger charge is -1.99. The number of amides is 2. The summed E-state index contributed by atoms with van der Waals surface area (Å²) >= 11 is 4.81. The van der Waals surface area contributed by atoms with Gasteiger partial charge in [0.1, 0.15) is 0 Å². The second kappa shape index (κ2) is 5.29. The number of nitrogens with one attached hydrogen (secondary N) is 2. The molecule has 0 aliphatic heterocycles. The highest BCUT2D eigenvalue weighted by molar-refractivity contribution is 9.10. The van der Waals surface area contributed by atoms with Gasteiger partial charge in [0.2, 0.25) is 0 Å². The monoisotopic (exact) mass is 311 g/mol. The predicted octanol–water partition coefficient (Wildman–Crippen LogP) is 3.32. The fourth-order valence-electron chi connectivity index (χ4n) is 1.27. The molecule has 0 aliphatic carbocycles. The lowest BCUT2D eigenvalue weighted by Crippen LogP contribution is -2.24. The summed E-state index contributed by atoms with van der Waals surface area (Å²) < 4.78 is 1.00. The van der Waals surface area contributed by atoms with Gasteiger partial charge in [-0.3, -0.25) is 5.32 Å². The van der Waals surface area contributed by atoms with E-state index in [9.17, 15) is 4.79 Å². The van der Waals surface area contributed by atoms with Gasteiger partial charge in [-0.15, -0.1) is 11.3 Å². The van der Waals surface area contributed by atoms with Crippen LogP contribution >= 0.6 is 27.3 Å². The van der Waals surface area contributed by atoms with E-state index in [1.165, 1.54) is 11.3 Å². The number of rotatable bonds is 2. The Morgan fingerprint density at radius 3 is 3.00 bits per heavy atom. The van der Waals surface area contributed by atoms with E-state index in [0.717, 1.165) is 15.7 Å². The van der Waals surface area contributed by atoms with Crippen LogP contribution in [0.3, 0.4) is 0 Å². The third-order valence-corrected chi connectivity index (χ3v) is 3.32. The van der Waals surface area contributed by atoms with Gasteiger partial charge in [-0.2, -0.15) is 0 Å². The molecule has 0 aliphatic rings. The number of halogens is 1. The molecule has 1 aromatic carbocycles. The van der Waals surface area contributed by atoms with Gasteiger partial charge in [-0.05, 0) is 12.1 Å². The number of nitrogens with zero attached hydrogens (tertiary/aromatic N) is 1. The predicted molar refractivity (Wildman–Crippen MR) is 73.3 cm³/mol. The Kier molecular flexibility index (Phi) is 3.75. The molecule has 0 atom stereocenters. The SMILES string of the molecule is CNC(=O)Nc1nc(-c2cccc(Br)c2)cs1. The number of aromatic nitrogens is 1. The first kappa shape index (κ1) is 12.1. The summed E-state index contributed by atoms with van der Waals surface area (Å²) in [6, 6.07) is 7.60. The fraction of sp³-hybridized carbons (Fsp3) is 0.0909. The molecule has 2 amide bonds. The standard InChI is InChI=1S/C11H10BrN3OS/c1-13-10(16)15-11-14-9(6-17-11)7-3-2-4-8(12)5-7/h2-6H,1H3,(H2,13,14,15,16). The number of hydrogen-bond acceptors (Lipinski definition) is 3. The molecular formula is C11H10BrN3OS. The second-order valence-corrected chi connectivity index (χ2v) is 5.03. The number of carbonyl (C=O) groups excluding carboxylic acids is 1. The summed E-state index contributed by atoms with van der Waals surface area (Å²) in [4.78, 5) is 15.5. The van der Waals surface area contributed by atoms with Crippen molar-refractivity contribution in [3.05, 3.63) is 34.1 Å². The first-order valence-corrected chi connectivity index (χ1v) is 6.56. The van der Waals surface area contributed by atoms with Crippen molar-refractivity contribution in [1.29, 1.82) is 0 Å². The molecule has 4 nitrogen and oxygen atoms in total. The topological polar surface area (TPSA) is 54.0 Å². The van der Waals surface area contributed by atoms with Crippen molar-refractivity contribution >= 4 is 38.4 Å². The van der Waals surface area contributed by atoms with Gasteiger partial charge in [0, 0.05) is 22.5 Å². The highest BCUT2D eigenvalue weighted by Gasteiger charge is 2.06. The largest absolute Gasteiger partial charge is 0.341 e. The lowest BCUT2D eigenvalue weighted by molar-refractivity contribution is 0.254. The summed E-state index contributed by atoms with van der Waals surface area (Å²) in [5, 5.41) is 7.62. The van der Waals surface area contributed by atoms with E-state index in [1.807, 2.05) is 29.6 Å². The van der Waals surface area contributed by atoms with Crippen molar-refractivity contribution in [2.75, 3.05) is 12.4 Å². The Morgan fingerprint density at radius 1 is 1.47 bits per heavy atom. The molecule has 0 radical (unpaired) electrons. The Balaban J connectivity index is 2.21. The van der Waals surface area contributed by atoms with E-state index < -0.39 is 0 Å². The van der Waals surface area contributed by atoms with E-state index >= 15 is 0 Å². The number of anilines is 1. The zero-order valence-corrected chi connectivity index (χ0v) is 11.4. The van der Waals surface area contributed by atoms with E-state index in [2.05, 4.69) is 31.5 Å². The van der Waals surface area contributed by atoms with Crippen LogP contribution in [-0.4, -0.2) is 18.1 Å². The molecule has 2 N–H and O–H groups in total. The number of urea groups is 1. The molecule has 17 heavy (non-hydrogen) atoms. The lowest BCUT2D eigenvalue weighted by atomic mass is 10.2. The fourth-order valence-corrected chi connectivity index (χ4v) is 2.39. The molecule has 6 heteroatoms. The van der Waals surface area contributed by atoms with Crippen molar-refractivity contribution < 1.29 is 4.79 Å². The quantitative estimate of drug-likeness (QED) is 0.894. The van der Waals surface area contributed by atoms with Crippen molar-refractivity contribution in [2.24, 2.45) is 0 Å². The summed E-state index contributed by atoms with van der Waals surface area (Å²) in [5.74, 6) is 0. The van der Waals surface area contributed by atoms with Crippen LogP contribution in [0.25, 0.3) is 11.3 Å². The third kappa shape index (κ3) is 3.04. The zero-order chi connectivity index (χ0) is 12.3. The molecule has 0 spiro atoms.